The molecule has 0 aliphatic carbocycles. The van der Waals surface area contributed by atoms with Gasteiger partial charge < -0.3 is 24.7 Å². The Morgan fingerprint density at radius 1 is 1.50 bits per heavy atom. The summed E-state index contributed by atoms with van der Waals surface area (Å²) >= 11 is 0. The van der Waals surface area contributed by atoms with Crippen molar-refractivity contribution in [2.75, 3.05) is 6.54 Å². The van der Waals surface area contributed by atoms with E-state index in [-0.39, 0.29) is 17.9 Å². The maximum atomic E-state index is 11.4. The Bertz CT molecular complexity index is 462. The Morgan fingerprint density at radius 2 is 2.15 bits per heavy atom. The molecule has 0 saturated heterocycles. The topological polar surface area (TPSA) is 109 Å². The fourth-order valence-electron chi connectivity index (χ4n) is 1.49. The molecule has 20 heavy (non-hydrogen) atoms. The molecule has 0 fully saturated rings. The van der Waals surface area contributed by atoms with Gasteiger partial charge in [0.1, 0.15) is 17.8 Å². The van der Waals surface area contributed by atoms with Crippen molar-refractivity contribution in [2.45, 2.75) is 38.6 Å². The number of hydrogen-bond acceptors (Lipinski definition) is 6. The summed E-state index contributed by atoms with van der Waals surface area (Å²) < 4.78 is 9.81. The number of aliphatic hydroxyl groups is 2. The Hall–Kier alpha value is -1.86. The quantitative estimate of drug-likeness (QED) is 0.697. The van der Waals surface area contributed by atoms with Crippen molar-refractivity contribution in [1.29, 1.82) is 0 Å². The van der Waals surface area contributed by atoms with Crippen molar-refractivity contribution >= 4 is 12.4 Å². The van der Waals surface area contributed by atoms with E-state index >= 15 is 0 Å². The predicted octanol–water partition coefficient (Wildman–Crippen LogP) is 1.01. The van der Waals surface area contributed by atoms with E-state index in [1.54, 1.807) is 20.8 Å². The molecule has 0 aliphatic heterocycles. The Balaban J connectivity index is 2.52. The highest BCUT2D eigenvalue weighted by molar-refractivity contribution is 5.73. The average molecular weight is 285 g/mol. The van der Waals surface area contributed by atoms with Gasteiger partial charge in [0.05, 0.1) is 6.26 Å². The molecule has 1 rings (SSSR count). The third-order valence-electron chi connectivity index (χ3n) is 2.37. The smallest absolute Gasteiger partial charge is 0.407 e. The SMILES string of the molecule is CC(C)(C)OC(=O)NCC(O)C(O)c1ccoc1C=O. The lowest BCUT2D eigenvalue weighted by molar-refractivity contribution is 0.0123. The number of carbonyl (C=O) groups is 2. The molecule has 0 bridgehead atoms. The van der Waals surface area contributed by atoms with E-state index in [0.29, 0.717) is 6.29 Å². The molecule has 2 atom stereocenters. The van der Waals surface area contributed by atoms with Crippen LogP contribution in [0.3, 0.4) is 0 Å². The summed E-state index contributed by atoms with van der Waals surface area (Å²) in [6.45, 7) is 4.90. The molecule has 1 heterocycles. The second kappa shape index (κ2) is 6.53. The van der Waals surface area contributed by atoms with Gasteiger partial charge in [0.25, 0.3) is 0 Å². The maximum Gasteiger partial charge on any atom is 0.407 e. The summed E-state index contributed by atoms with van der Waals surface area (Å²) in [7, 11) is 0. The number of aldehydes is 1. The first-order valence-corrected chi connectivity index (χ1v) is 6.10. The Labute approximate surface area is 116 Å². The monoisotopic (exact) mass is 285 g/mol. The van der Waals surface area contributed by atoms with Gasteiger partial charge in [-0.15, -0.1) is 0 Å². The average Bonchev–Trinajstić information content (AvgIpc) is 2.81. The first kappa shape index (κ1) is 16.2. The molecule has 1 amide bonds. The summed E-state index contributed by atoms with van der Waals surface area (Å²) in [6.07, 6.45) is -1.67. The molecule has 112 valence electrons. The van der Waals surface area contributed by atoms with Crippen LogP contribution in [0.4, 0.5) is 4.79 Å². The minimum Gasteiger partial charge on any atom is -0.461 e. The minimum absolute atomic E-state index is 0.0613. The molecule has 0 aromatic carbocycles. The standard InChI is InChI=1S/C13H19NO6/c1-13(2,3)20-12(18)14-6-9(16)11(17)8-4-5-19-10(8)7-15/h4-5,7,9,11,16-17H,6H2,1-3H3,(H,14,18). The van der Waals surface area contributed by atoms with Crippen LogP contribution in [0.15, 0.2) is 16.7 Å². The van der Waals surface area contributed by atoms with Gasteiger partial charge in [-0.05, 0) is 26.8 Å². The van der Waals surface area contributed by atoms with Crippen molar-refractivity contribution < 1.29 is 29.0 Å². The van der Waals surface area contributed by atoms with E-state index in [4.69, 9.17) is 9.15 Å². The van der Waals surface area contributed by atoms with Gasteiger partial charge in [-0.3, -0.25) is 4.79 Å². The number of carbonyl (C=O) groups excluding carboxylic acids is 2. The van der Waals surface area contributed by atoms with Crippen LogP contribution in [-0.2, 0) is 4.74 Å². The van der Waals surface area contributed by atoms with Crippen molar-refractivity contribution in [1.82, 2.24) is 5.32 Å². The number of furan rings is 1. The first-order valence-electron chi connectivity index (χ1n) is 6.10. The van der Waals surface area contributed by atoms with E-state index in [9.17, 15) is 19.8 Å². The number of nitrogens with one attached hydrogen (secondary N) is 1. The Morgan fingerprint density at radius 3 is 2.70 bits per heavy atom. The van der Waals surface area contributed by atoms with Crippen LogP contribution in [0.1, 0.15) is 43.0 Å². The third-order valence-corrected chi connectivity index (χ3v) is 2.37. The van der Waals surface area contributed by atoms with Gasteiger partial charge in [0.15, 0.2) is 12.0 Å². The summed E-state index contributed by atoms with van der Waals surface area (Å²) in [4.78, 5) is 22.1. The lowest BCUT2D eigenvalue weighted by Crippen LogP contribution is -2.38. The fraction of sp³-hybridized carbons (Fsp3) is 0.538. The molecule has 0 spiro atoms. The molecule has 0 aliphatic rings. The van der Waals surface area contributed by atoms with E-state index < -0.39 is 23.9 Å². The second-order valence-corrected chi connectivity index (χ2v) is 5.25. The lowest BCUT2D eigenvalue weighted by Gasteiger charge is -2.22. The summed E-state index contributed by atoms with van der Waals surface area (Å²) in [5.74, 6) is -0.0613. The minimum atomic E-state index is -1.34. The van der Waals surface area contributed by atoms with Crippen LogP contribution in [0.5, 0.6) is 0 Å². The van der Waals surface area contributed by atoms with Crippen molar-refractivity contribution in [2.24, 2.45) is 0 Å². The fourth-order valence-corrected chi connectivity index (χ4v) is 1.49. The summed E-state index contributed by atoms with van der Waals surface area (Å²) in [6, 6.07) is 1.38. The second-order valence-electron chi connectivity index (χ2n) is 5.25. The molecule has 2 unspecified atom stereocenters. The number of amides is 1. The predicted molar refractivity (Wildman–Crippen MR) is 69.3 cm³/mol. The molecule has 3 N–H and O–H groups in total. The molecule has 0 saturated carbocycles. The van der Waals surface area contributed by atoms with Gasteiger partial charge in [-0.25, -0.2) is 4.79 Å². The zero-order valence-corrected chi connectivity index (χ0v) is 11.6. The number of aliphatic hydroxyl groups excluding tert-OH is 2. The third kappa shape index (κ3) is 4.67. The van der Waals surface area contributed by atoms with Gasteiger partial charge in [-0.1, -0.05) is 0 Å². The number of hydrogen-bond donors (Lipinski definition) is 3. The van der Waals surface area contributed by atoms with Crippen LogP contribution < -0.4 is 5.32 Å². The molecule has 1 aromatic rings. The number of rotatable bonds is 5. The van der Waals surface area contributed by atoms with E-state index in [0.717, 1.165) is 0 Å². The zero-order chi connectivity index (χ0) is 15.3. The normalized spacial score (nSPS) is 14.4. The number of ether oxygens (including phenoxy) is 1. The summed E-state index contributed by atoms with van der Waals surface area (Å²) in [5.41, 5.74) is -0.485. The molecule has 0 radical (unpaired) electrons. The molecule has 1 aromatic heterocycles. The maximum absolute atomic E-state index is 11.4. The van der Waals surface area contributed by atoms with Gasteiger partial charge in [0, 0.05) is 12.1 Å². The van der Waals surface area contributed by atoms with Gasteiger partial charge in [-0.2, -0.15) is 0 Å². The van der Waals surface area contributed by atoms with Crippen molar-refractivity contribution in [3.8, 4) is 0 Å². The van der Waals surface area contributed by atoms with E-state index in [1.807, 2.05) is 0 Å². The molecule has 7 nitrogen and oxygen atoms in total. The van der Waals surface area contributed by atoms with Crippen LogP contribution in [0.2, 0.25) is 0 Å². The van der Waals surface area contributed by atoms with E-state index in [2.05, 4.69) is 5.32 Å². The first-order chi connectivity index (χ1) is 9.24. The van der Waals surface area contributed by atoms with Crippen LogP contribution in [0, 0.1) is 0 Å². The van der Waals surface area contributed by atoms with Gasteiger partial charge >= 0.3 is 6.09 Å². The van der Waals surface area contributed by atoms with Crippen molar-refractivity contribution in [3.05, 3.63) is 23.7 Å². The number of alkyl carbamates (subject to hydrolysis) is 1. The molecule has 7 heteroatoms. The van der Waals surface area contributed by atoms with Gasteiger partial charge in [0.2, 0.25) is 0 Å². The van der Waals surface area contributed by atoms with Crippen LogP contribution in [-0.4, -0.2) is 40.8 Å². The highest BCUT2D eigenvalue weighted by atomic mass is 16.6. The Kier molecular flexibility index (Phi) is 5.29. The van der Waals surface area contributed by atoms with E-state index in [1.165, 1.54) is 12.3 Å². The summed E-state index contributed by atoms with van der Waals surface area (Å²) in [5, 5.41) is 22.0. The molecular formula is C13H19NO6. The largest absolute Gasteiger partial charge is 0.461 e. The zero-order valence-electron chi connectivity index (χ0n) is 11.6. The highest BCUT2D eigenvalue weighted by Crippen LogP contribution is 2.21. The van der Waals surface area contributed by atoms with Crippen LogP contribution >= 0.6 is 0 Å². The highest BCUT2D eigenvalue weighted by Gasteiger charge is 2.24. The van der Waals surface area contributed by atoms with Crippen molar-refractivity contribution in [3.63, 3.8) is 0 Å². The molecular weight excluding hydrogens is 266 g/mol. The lowest BCUT2D eigenvalue weighted by atomic mass is 10.1. The van der Waals surface area contributed by atoms with Crippen LogP contribution in [0.25, 0.3) is 0 Å².